The van der Waals surface area contributed by atoms with Crippen molar-refractivity contribution < 1.29 is 4.74 Å². The van der Waals surface area contributed by atoms with Crippen LogP contribution in [-0.2, 0) is 0 Å². The predicted octanol–water partition coefficient (Wildman–Crippen LogP) is 2.85. The minimum absolute atomic E-state index is 0.0144. The topological polar surface area (TPSA) is 47.3 Å². The van der Waals surface area contributed by atoms with E-state index in [0.29, 0.717) is 6.54 Å². The van der Waals surface area contributed by atoms with Crippen molar-refractivity contribution in [1.82, 2.24) is 0 Å². The molecular weight excluding hydrogens is 212 g/mol. The first-order chi connectivity index (χ1) is 7.89. The molecule has 3 nitrogen and oxygen atoms in total. The molecule has 0 saturated heterocycles. The molecule has 0 radical (unpaired) electrons. The Morgan fingerprint density at radius 1 is 1.24 bits per heavy atom. The number of methoxy groups -OCH3 is 1. The van der Waals surface area contributed by atoms with E-state index in [4.69, 9.17) is 10.5 Å². The summed E-state index contributed by atoms with van der Waals surface area (Å²) in [6, 6.07) is 4.20. The first-order valence-corrected chi connectivity index (χ1v) is 6.03. The molecule has 0 spiro atoms. The average Bonchev–Trinajstić information content (AvgIpc) is 2.22. The number of benzene rings is 1. The van der Waals surface area contributed by atoms with Gasteiger partial charge in [0.05, 0.1) is 7.11 Å². The van der Waals surface area contributed by atoms with Crippen LogP contribution in [0.25, 0.3) is 0 Å². The van der Waals surface area contributed by atoms with Crippen molar-refractivity contribution in [3.05, 3.63) is 23.3 Å². The van der Waals surface area contributed by atoms with E-state index in [0.717, 1.165) is 23.4 Å². The summed E-state index contributed by atoms with van der Waals surface area (Å²) < 4.78 is 5.31. The summed E-state index contributed by atoms with van der Waals surface area (Å²) in [4.78, 5) is 0. The van der Waals surface area contributed by atoms with E-state index in [-0.39, 0.29) is 5.54 Å². The minimum atomic E-state index is 0.0144. The van der Waals surface area contributed by atoms with Gasteiger partial charge in [0.25, 0.3) is 0 Å². The van der Waals surface area contributed by atoms with Crippen molar-refractivity contribution in [2.24, 2.45) is 5.73 Å². The molecule has 1 aromatic carbocycles. The molecule has 0 unspecified atom stereocenters. The number of nitrogens with one attached hydrogen (secondary N) is 1. The van der Waals surface area contributed by atoms with Crippen LogP contribution in [0.2, 0.25) is 0 Å². The number of anilines is 1. The van der Waals surface area contributed by atoms with Gasteiger partial charge in [0.1, 0.15) is 5.75 Å². The molecule has 0 aromatic heterocycles. The van der Waals surface area contributed by atoms with Crippen molar-refractivity contribution in [1.29, 1.82) is 0 Å². The lowest BCUT2D eigenvalue weighted by molar-refractivity contribution is 0.411. The third-order valence-electron chi connectivity index (χ3n) is 2.98. The van der Waals surface area contributed by atoms with Gasteiger partial charge < -0.3 is 15.8 Å². The van der Waals surface area contributed by atoms with Gasteiger partial charge in [-0.2, -0.15) is 0 Å². The third-order valence-corrected chi connectivity index (χ3v) is 2.98. The summed E-state index contributed by atoms with van der Waals surface area (Å²) in [6.07, 6.45) is 0.942. The van der Waals surface area contributed by atoms with Gasteiger partial charge in [-0.15, -0.1) is 0 Å². The lowest BCUT2D eigenvalue weighted by atomic mass is 9.99. The molecular formula is C14H24N2O. The molecule has 0 saturated carbocycles. The van der Waals surface area contributed by atoms with Gasteiger partial charge >= 0.3 is 0 Å². The highest BCUT2D eigenvalue weighted by Gasteiger charge is 2.17. The van der Waals surface area contributed by atoms with Crippen molar-refractivity contribution in [2.45, 2.75) is 39.7 Å². The summed E-state index contributed by atoms with van der Waals surface area (Å²) in [7, 11) is 1.70. The van der Waals surface area contributed by atoms with Gasteiger partial charge in [-0.3, -0.25) is 0 Å². The summed E-state index contributed by atoms with van der Waals surface area (Å²) >= 11 is 0. The van der Waals surface area contributed by atoms with Gasteiger partial charge in [-0.25, -0.2) is 0 Å². The second-order valence-corrected chi connectivity index (χ2v) is 5.18. The molecule has 0 atom stereocenters. The molecule has 0 aliphatic heterocycles. The molecule has 0 aliphatic carbocycles. The van der Waals surface area contributed by atoms with Crippen molar-refractivity contribution in [2.75, 3.05) is 19.0 Å². The largest absolute Gasteiger partial charge is 0.496 e. The van der Waals surface area contributed by atoms with Gasteiger partial charge in [-0.1, -0.05) is 0 Å². The Hall–Kier alpha value is -1.22. The second-order valence-electron chi connectivity index (χ2n) is 5.18. The molecule has 3 N–H and O–H groups in total. The van der Waals surface area contributed by atoms with Gasteiger partial charge in [0, 0.05) is 11.2 Å². The minimum Gasteiger partial charge on any atom is -0.496 e. The Balaban J connectivity index is 2.96. The molecule has 96 valence electrons. The summed E-state index contributed by atoms with van der Waals surface area (Å²) in [5, 5.41) is 3.54. The molecule has 0 fully saturated rings. The average molecular weight is 236 g/mol. The van der Waals surface area contributed by atoms with Gasteiger partial charge in [0.2, 0.25) is 0 Å². The van der Waals surface area contributed by atoms with Crippen molar-refractivity contribution in [3.8, 4) is 5.75 Å². The van der Waals surface area contributed by atoms with Crippen LogP contribution >= 0.6 is 0 Å². The van der Waals surface area contributed by atoms with Crippen LogP contribution in [0.5, 0.6) is 5.75 Å². The Kier molecular flexibility index (Phi) is 4.40. The SMILES string of the molecule is COc1cc(C)c(NC(C)(C)CCN)cc1C. The van der Waals surface area contributed by atoms with Crippen LogP contribution < -0.4 is 15.8 Å². The fourth-order valence-electron chi connectivity index (χ4n) is 1.93. The molecule has 0 amide bonds. The van der Waals surface area contributed by atoms with E-state index in [9.17, 15) is 0 Å². The van der Waals surface area contributed by atoms with Crippen LogP contribution in [0.3, 0.4) is 0 Å². The van der Waals surface area contributed by atoms with E-state index >= 15 is 0 Å². The zero-order valence-corrected chi connectivity index (χ0v) is 11.6. The first-order valence-electron chi connectivity index (χ1n) is 6.03. The van der Waals surface area contributed by atoms with Crippen molar-refractivity contribution in [3.63, 3.8) is 0 Å². The fraction of sp³-hybridized carbons (Fsp3) is 0.571. The Morgan fingerprint density at radius 3 is 2.41 bits per heavy atom. The highest BCUT2D eigenvalue weighted by Crippen LogP contribution is 2.28. The molecule has 1 rings (SSSR count). The van der Waals surface area contributed by atoms with Crippen molar-refractivity contribution >= 4 is 5.69 Å². The maximum Gasteiger partial charge on any atom is 0.122 e. The highest BCUT2D eigenvalue weighted by molar-refractivity contribution is 5.58. The van der Waals surface area contributed by atoms with Crippen LogP contribution in [0.4, 0.5) is 5.69 Å². The number of aryl methyl sites for hydroxylation is 2. The fourth-order valence-corrected chi connectivity index (χ4v) is 1.93. The zero-order chi connectivity index (χ0) is 13.1. The molecule has 0 bridgehead atoms. The molecule has 0 heterocycles. The maximum atomic E-state index is 5.62. The normalized spacial score (nSPS) is 11.4. The summed E-state index contributed by atoms with van der Waals surface area (Å²) in [5.74, 6) is 0.935. The van der Waals surface area contributed by atoms with E-state index in [1.54, 1.807) is 7.11 Å². The highest BCUT2D eigenvalue weighted by atomic mass is 16.5. The number of hydrogen-bond donors (Lipinski definition) is 2. The molecule has 1 aromatic rings. The number of rotatable bonds is 5. The number of hydrogen-bond acceptors (Lipinski definition) is 3. The number of ether oxygens (including phenoxy) is 1. The van der Waals surface area contributed by atoms with E-state index < -0.39 is 0 Å². The van der Waals surface area contributed by atoms with Crippen LogP contribution in [0, 0.1) is 13.8 Å². The van der Waals surface area contributed by atoms with E-state index in [1.165, 1.54) is 5.56 Å². The monoisotopic (exact) mass is 236 g/mol. The lowest BCUT2D eigenvalue weighted by Gasteiger charge is -2.28. The first kappa shape index (κ1) is 13.8. The molecule has 17 heavy (non-hydrogen) atoms. The summed E-state index contributed by atoms with van der Waals surface area (Å²) in [6.45, 7) is 9.16. The van der Waals surface area contributed by atoms with Crippen LogP contribution in [-0.4, -0.2) is 19.2 Å². The lowest BCUT2D eigenvalue weighted by Crippen LogP contribution is -2.33. The van der Waals surface area contributed by atoms with Crippen LogP contribution in [0.15, 0.2) is 12.1 Å². The van der Waals surface area contributed by atoms with E-state index in [2.05, 4.69) is 45.1 Å². The van der Waals surface area contributed by atoms with E-state index in [1.807, 2.05) is 0 Å². The summed E-state index contributed by atoms with van der Waals surface area (Å²) in [5.41, 5.74) is 9.13. The Labute approximate surface area is 104 Å². The predicted molar refractivity (Wildman–Crippen MR) is 73.8 cm³/mol. The Morgan fingerprint density at radius 2 is 1.88 bits per heavy atom. The Bertz CT molecular complexity index is 386. The zero-order valence-electron chi connectivity index (χ0n) is 11.6. The quantitative estimate of drug-likeness (QED) is 0.826. The number of nitrogens with two attached hydrogens (primary N) is 1. The second kappa shape index (κ2) is 5.41. The third kappa shape index (κ3) is 3.63. The molecule has 3 heteroatoms. The van der Waals surface area contributed by atoms with Crippen LogP contribution in [0.1, 0.15) is 31.4 Å². The van der Waals surface area contributed by atoms with Gasteiger partial charge in [0.15, 0.2) is 0 Å². The maximum absolute atomic E-state index is 5.62. The smallest absolute Gasteiger partial charge is 0.122 e. The van der Waals surface area contributed by atoms with Gasteiger partial charge in [-0.05, 0) is 63.9 Å². The standard InChI is InChI=1S/C14H24N2O/c1-10-9-13(17-5)11(2)8-12(10)16-14(3,4)6-7-15/h8-9,16H,6-7,15H2,1-5H3. The molecule has 0 aliphatic rings.